The van der Waals surface area contributed by atoms with E-state index >= 15 is 0 Å². The minimum absolute atomic E-state index is 0. The molecule has 2 nitrogen and oxygen atoms in total. The van der Waals surface area contributed by atoms with Gasteiger partial charge in [-0.3, -0.25) is 4.90 Å². The predicted molar refractivity (Wildman–Crippen MR) is 93.0 cm³/mol. The van der Waals surface area contributed by atoms with E-state index in [-0.39, 0.29) is 24.8 Å². The molecule has 0 spiro atoms. The molecule has 2 heterocycles. The van der Waals surface area contributed by atoms with Gasteiger partial charge in [0, 0.05) is 37.1 Å². The van der Waals surface area contributed by atoms with Gasteiger partial charge >= 0.3 is 0 Å². The van der Waals surface area contributed by atoms with Crippen molar-refractivity contribution in [1.29, 1.82) is 0 Å². The van der Waals surface area contributed by atoms with Crippen LogP contribution in [0.15, 0.2) is 12.1 Å². The lowest BCUT2D eigenvalue weighted by molar-refractivity contribution is 0.128. The second kappa shape index (κ2) is 8.82. The maximum absolute atomic E-state index is 6.14. The Hall–Kier alpha value is 0.490. The molecule has 20 heavy (non-hydrogen) atoms. The molecule has 1 aliphatic heterocycles. The van der Waals surface area contributed by atoms with E-state index in [1.54, 1.807) is 11.3 Å². The van der Waals surface area contributed by atoms with Gasteiger partial charge in [-0.15, -0.1) is 36.2 Å². The van der Waals surface area contributed by atoms with Crippen molar-refractivity contribution in [2.24, 2.45) is 5.92 Å². The smallest absolute Gasteiger partial charge is 0.0931 e. The standard InChI is InChI=1S/C14H21ClN2S.2ClH/c15-13-6-5-12(18-13)14(11-3-1-2-4-11)17-9-7-16-8-10-17;;/h5-6,11,14,16H,1-4,7-10H2;2*1H/t14-;;/m0../s1. The van der Waals surface area contributed by atoms with Crippen LogP contribution >= 0.6 is 47.8 Å². The summed E-state index contributed by atoms with van der Waals surface area (Å²) < 4.78 is 0.933. The molecule has 1 atom stereocenters. The molecule has 116 valence electrons. The first-order valence-electron chi connectivity index (χ1n) is 7.04. The highest BCUT2D eigenvalue weighted by Gasteiger charge is 2.32. The first-order chi connectivity index (χ1) is 8.84. The number of rotatable bonds is 3. The van der Waals surface area contributed by atoms with Crippen molar-refractivity contribution in [3.8, 4) is 0 Å². The van der Waals surface area contributed by atoms with Crippen LogP contribution in [0.4, 0.5) is 0 Å². The number of thiophene rings is 1. The average Bonchev–Trinajstić information content (AvgIpc) is 3.04. The zero-order valence-corrected chi connectivity index (χ0v) is 14.7. The van der Waals surface area contributed by atoms with E-state index in [4.69, 9.17) is 11.6 Å². The van der Waals surface area contributed by atoms with Gasteiger partial charge in [0.15, 0.2) is 0 Å². The van der Waals surface area contributed by atoms with Gasteiger partial charge in [-0.25, -0.2) is 0 Å². The Bertz CT molecular complexity index is 388. The Morgan fingerprint density at radius 1 is 1.15 bits per heavy atom. The zero-order chi connectivity index (χ0) is 12.4. The molecule has 1 saturated heterocycles. The first kappa shape index (κ1) is 18.5. The van der Waals surface area contributed by atoms with Crippen LogP contribution in [-0.4, -0.2) is 31.1 Å². The van der Waals surface area contributed by atoms with Crippen LogP contribution in [-0.2, 0) is 0 Å². The van der Waals surface area contributed by atoms with Gasteiger partial charge in [-0.05, 0) is 30.9 Å². The number of nitrogens with zero attached hydrogens (tertiary/aromatic N) is 1. The highest BCUT2D eigenvalue weighted by molar-refractivity contribution is 7.16. The van der Waals surface area contributed by atoms with E-state index < -0.39 is 0 Å². The lowest BCUT2D eigenvalue weighted by Crippen LogP contribution is -2.46. The second-order valence-electron chi connectivity index (χ2n) is 5.42. The van der Waals surface area contributed by atoms with Crippen molar-refractivity contribution in [1.82, 2.24) is 10.2 Å². The molecule has 0 unspecified atom stereocenters. The Morgan fingerprint density at radius 3 is 2.35 bits per heavy atom. The van der Waals surface area contributed by atoms with E-state index in [1.807, 2.05) is 0 Å². The van der Waals surface area contributed by atoms with E-state index in [1.165, 1.54) is 43.6 Å². The van der Waals surface area contributed by atoms with Crippen LogP contribution < -0.4 is 5.32 Å². The van der Waals surface area contributed by atoms with E-state index in [0.717, 1.165) is 23.3 Å². The fourth-order valence-electron chi connectivity index (χ4n) is 3.43. The SMILES string of the molecule is Cl.Cl.Clc1ccc([C@H](C2CCCC2)N2CCNCC2)s1. The van der Waals surface area contributed by atoms with Crippen molar-refractivity contribution in [3.63, 3.8) is 0 Å². The van der Waals surface area contributed by atoms with Crippen molar-refractivity contribution < 1.29 is 0 Å². The summed E-state index contributed by atoms with van der Waals surface area (Å²) in [5, 5.41) is 3.45. The van der Waals surface area contributed by atoms with Crippen LogP contribution in [0.5, 0.6) is 0 Å². The monoisotopic (exact) mass is 356 g/mol. The third-order valence-electron chi connectivity index (χ3n) is 4.28. The van der Waals surface area contributed by atoms with Gasteiger partial charge in [0.2, 0.25) is 0 Å². The molecular weight excluding hydrogens is 335 g/mol. The quantitative estimate of drug-likeness (QED) is 0.863. The van der Waals surface area contributed by atoms with Crippen molar-refractivity contribution in [2.45, 2.75) is 31.7 Å². The van der Waals surface area contributed by atoms with Crippen molar-refractivity contribution in [3.05, 3.63) is 21.3 Å². The van der Waals surface area contributed by atoms with Crippen LogP contribution in [0.2, 0.25) is 4.34 Å². The summed E-state index contributed by atoms with van der Waals surface area (Å²) in [6.07, 6.45) is 5.60. The van der Waals surface area contributed by atoms with Gasteiger partial charge in [-0.1, -0.05) is 24.4 Å². The molecule has 3 rings (SSSR count). The Morgan fingerprint density at radius 2 is 1.80 bits per heavy atom. The van der Waals surface area contributed by atoms with Crippen LogP contribution in [0, 0.1) is 5.92 Å². The van der Waals surface area contributed by atoms with Gasteiger partial charge in [0.05, 0.1) is 4.34 Å². The number of piperazine rings is 1. The number of nitrogens with one attached hydrogen (secondary N) is 1. The van der Waals surface area contributed by atoms with Crippen molar-refractivity contribution in [2.75, 3.05) is 26.2 Å². The average molecular weight is 358 g/mol. The van der Waals surface area contributed by atoms with E-state index in [2.05, 4.69) is 22.3 Å². The second-order valence-corrected chi connectivity index (χ2v) is 7.16. The molecule has 6 heteroatoms. The molecular formula is C14H23Cl3N2S. The molecule has 0 radical (unpaired) electrons. The highest BCUT2D eigenvalue weighted by atomic mass is 35.5. The Balaban J connectivity index is 0.000001000. The van der Waals surface area contributed by atoms with Crippen molar-refractivity contribution >= 4 is 47.8 Å². The molecule has 1 aromatic heterocycles. The van der Waals surface area contributed by atoms with Crippen LogP contribution in [0.25, 0.3) is 0 Å². The fraction of sp³-hybridized carbons (Fsp3) is 0.714. The third kappa shape index (κ3) is 4.25. The summed E-state index contributed by atoms with van der Waals surface area (Å²) in [4.78, 5) is 4.16. The molecule has 1 aliphatic carbocycles. The first-order valence-corrected chi connectivity index (χ1v) is 8.24. The minimum Gasteiger partial charge on any atom is -0.314 e. The summed E-state index contributed by atoms with van der Waals surface area (Å²) in [6, 6.07) is 4.93. The van der Waals surface area contributed by atoms with Gasteiger partial charge in [0.1, 0.15) is 0 Å². The predicted octanol–water partition coefficient (Wildman–Crippen LogP) is 4.38. The summed E-state index contributed by atoms with van der Waals surface area (Å²) in [7, 11) is 0. The molecule has 0 amide bonds. The highest BCUT2D eigenvalue weighted by Crippen LogP contribution is 2.42. The maximum Gasteiger partial charge on any atom is 0.0931 e. The molecule has 1 N–H and O–H groups in total. The molecule has 0 aromatic carbocycles. The van der Waals surface area contributed by atoms with Gasteiger partial charge < -0.3 is 5.32 Å². The molecule has 1 aromatic rings. The summed E-state index contributed by atoms with van der Waals surface area (Å²) in [5.74, 6) is 0.845. The normalized spacial score (nSPS) is 22.1. The molecule has 2 fully saturated rings. The largest absolute Gasteiger partial charge is 0.314 e. The fourth-order valence-corrected chi connectivity index (χ4v) is 4.72. The Labute approximate surface area is 143 Å². The lowest BCUT2D eigenvalue weighted by atomic mass is 9.94. The number of hydrogen-bond acceptors (Lipinski definition) is 3. The molecule has 0 bridgehead atoms. The lowest BCUT2D eigenvalue weighted by Gasteiger charge is -2.37. The topological polar surface area (TPSA) is 15.3 Å². The Kier molecular flexibility index (Phi) is 8.17. The van der Waals surface area contributed by atoms with Crippen LogP contribution in [0.1, 0.15) is 36.6 Å². The summed E-state index contributed by atoms with van der Waals surface area (Å²) >= 11 is 7.92. The van der Waals surface area contributed by atoms with E-state index in [9.17, 15) is 0 Å². The third-order valence-corrected chi connectivity index (χ3v) is 5.58. The number of hydrogen-bond donors (Lipinski definition) is 1. The van der Waals surface area contributed by atoms with Crippen LogP contribution in [0.3, 0.4) is 0 Å². The van der Waals surface area contributed by atoms with E-state index in [0.29, 0.717) is 6.04 Å². The number of halogens is 3. The summed E-state index contributed by atoms with van der Waals surface area (Å²) in [5.41, 5.74) is 0. The minimum atomic E-state index is 0. The summed E-state index contributed by atoms with van der Waals surface area (Å²) in [6.45, 7) is 4.61. The zero-order valence-electron chi connectivity index (χ0n) is 11.5. The van der Waals surface area contributed by atoms with Gasteiger partial charge in [0.25, 0.3) is 0 Å². The van der Waals surface area contributed by atoms with Gasteiger partial charge in [-0.2, -0.15) is 0 Å². The molecule has 1 saturated carbocycles. The maximum atomic E-state index is 6.14. The molecule has 2 aliphatic rings.